The lowest BCUT2D eigenvalue weighted by molar-refractivity contribution is -0.0135. The van der Waals surface area contributed by atoms with Crippen LogP contribution in [0.25, 0.3) is 0 Å². The second-order valence-corrected chi connectivity index (χ2v) is 5.81. The van der Waals surface area contributed by atoms with E-state index in [4.69, 9.17) is 14.5 Å². The minimum atomic E-state index is -3.72. The molecule has 1 fully saturated rings. The second kappa shape index (κ2) is 4.51. The topological polar surface area (TPSA) is 99.4 Å². The highest BCUT2D eigenvalue weighted by Gasteiger charge is 2.40. The van der Waals surface area contributed by atoms with Gasteiger partial charge in [-0.1, -0.05) is 0 Å². The highest BCUT2D eigenvalue weighted by molar-refractivity contribution is 8.06. The van der Waals surface area contributed by atoms with Gasteiger partial charge >= 0.3 is 6.72 Å². The largest absolute Gasteiger partial charge is 0.388 e. The number of ether oxygens (including phenoxy) is 1. The summed E-state index contributed by atoms with van der Waals surface area (Å²) in [5.41, 5.74) is 0. The molecule has 4 N–H and O–H groups in total. The van der Waals surface area contributed by atoms with E-state index in [1.165, 1.54) is 0 Å². The Bertz CT molecular complexity index is 242. The summed E-state index contributed by atoms with van der Waals surface area (Å²) in [5, 5.41) is 18.7. The van der Waals surface area contributed by atoms with Crippen molar-refractivity contribution in [3.63, 3.8) is 0 Å². The van der Waals surface area contributed by atoms with Crippen molar-refractivity contribution in [3.8, 4) is 0 Å². The van der Waals surface area contributed by atoms with Gasteiger partial charge in [-0.3, -0.25) is 0 Å². The first-order chi connectivity index (χ1) is 6.31. The van der Waals surface area contributed by atoms with E-state index < -0.39 is 31.1 Å². The zero-order valence-electron chi connectivity index (χ0n) is 7.48. The molecule has 4 atom stereocenters. The van der Waals surface area contributed by atoms with Crippen molar-refractivity contribution in [1.82, 2.24) is 0 Å². The van der Waals surface area contributed by atoms with Crippen LogP contribution in [0, 0.1) is 0 Å². The molecule has 1 unspecified atom stereocenters. The summed E-state index contributed by atoms with van der Waals surface area (Å²) >= 11 is 4.22. The fourth-order valence-corrected chi connectivity index (χ4v) is 1.77. The van der Waals surface area contributed by atoms with E-state index >= 15 is 0 Å². The van der Waals surface area contributed by atoms with Gasteiger partial charge in [0.25, 0.3) is 0 Å². The summed E-state index contributed by atoms with van der Waals surface area (Å²) in [6.07, 6.45) is -3.36. The maximum Gasteiger partial charge on any atom is 0.321 e. The first-order valence-corrected chi connectivity index (χ1v) is 6.65. The number of rotatable bonds is 3. The highest BCUT2D eigenvalue weighted by atomic mass is 32.5. The Morgan fingerprint density at radius 3 is 2.29 bits per heavy atom. The van der Waals surface area contributed by atoms with Crippen LogP contribution in [0.4, 0.5) is 0 Å². The normalized spacial score (nSPS) is 38.9. The van der Waals surface area contributed by atoms with Crippen LogP contribution in [0.5, 0.6) is 0 Å². The highest BCUT2D eigenvalue weighted by Crippen LogP contribution is 2.37. The lowest BCUT2D eigenvalue weighted by Gasteiger charge is -2.16. The number of hydrogen-bond donors (Lipinski definition) is 4. The molecular weight excluding hydrogens is 231 g/mol. The molecule has 0 aliphatic carbocycles. The van der Waals surface area contributed by atoms with Crippen molar-refractivity contribution in [2.45, 2.75) is 31.3 Å². The lowest BCUT2D eigenvalue weighted by atomic mass is 10.1. The van der Waals surface area contributed by atoms with Crippen LogP contribution in [0.1, 0.15) is 6.92 Å². The van der Waals surface area contributed by atoms with Crippen LogP contribution in [-0.4, -0.2) is 51.0 Å². The molecule has 0 aromatic carbocycles. The molecule has 0 aromatic rings. The Morgan fingerprint density at radius 2 is 1.93 bits per heavy atom. The third-order valence-corrected chi connectivity index (χ3v) is 2.81. The zero-order valence-corrected chi connectivity index (χ0v) is 9.19. The molecule has 6 nitrogen and oxygen atoms in total. The molecule has 0 amide bonds. The van der Waals surface area contributed by atoms with Crippen molar-refractivity contribution in [2.24, 2.45) is 0 Å². The Morgan fingerprint density at radius 1 is 1.36 bits per heavy atom. The average Bonchev–Trinajstić information content (AvgIpc) is 2.28. The van der Waals surface area contributed by atoms with Gasteiger partial charge in [0, 0.05) is 0 Å². The monoisotopic (exact) mass is 244 g/mol. The molecule has 0 aromatic heterocycles. The van der Waals surface area contributed by atoms with Crippen molar-refractivity contribution >= 4 is 18.5 Å². The molecule has 8 heteroatoms. The summed E-state index contributed by atoms with van der Waals surface area (Å²) in [4.78, 5) is 17.5. The zero-order chi connectivity index (χ0) is 10.9. The second-order valence-electron chi connectivity index (χ2n) is 3.15. The van der Waals surface area contributed by atoms with E-state index in [0.29, 0.717) is 0 Å². The van der Waals surface area contributed by atoms with Gasteiger partial charge in [0.2, 0.25) is 0 Å². The maximum absolute atomic E-state index is 9.38. The SMILES string of the molecule is C[C@@H]1O[C@H](COP(O)(O)=S)[C@H](O)C1O. The predicted octanol–water partition coefficient (Wildman–Crippen LogP) is -1.28. The van der Waals surface area contributed by atoms with Crippen LogP contribution in [-0.2, 0) is 21.1 Å². The van der Waals surface area contributed by atoms with Gasteiger partial charge in [0.1, 0.15) is 18.3 Å². The molecule has 0 radical (unpaired) electrons. The van der Waals surface area contributed by atoms with Gasteiger partial charge in [-0.15, -0.1) is 0 Å². The molecule has 1 aliphatic rings. The third-order valence-electron chi connectivity index (χ3n) is 2.01. The molecule has 0 saturated carbocycles. The van der Waals surface area contributed by atoms with Crippen molar-refractivity contribution in [1.29, 1.82) is 0 Å². The lowest BCUT2D eigenvalue weighted by Crippen LogP contribution is -2.33. The average molecular weight is 244 g/mol. The van der Waals surface area contributed by atoms with E-state index in [1.807, 2.05) is 0 Å². The Balaban J connectivity index is 2.44. The van der Waals surface area contributed by atoms with Gasteiger partial charge in [-0.05, 0) is 18.7 Å². The van der Waals surface area contributed by atoms with Gasteiger partial charge in [0.05, 0.1) is 12.7 Å². The van der Waals surface area contributed by atoms with Gasteiger partial charge < -0.3 is 29.3 Å². The van der Waals surface area contributed by atoms with Crippen molar-refractivity contribution < 1.29 is 29.3 Å². The van der Waals surface area contributed by atoms with Crippen molar-refractivity contribution in [2.75, 3.05) is 6.61 Å². The van der Waals surface area contributed by atoms with Gasteiger partial charge in [-0.2, -0.15) is 0 Å². The molecule has 1 saturated heterocycles. The summed E-state index contributed by atoms with van der Waals surface area (Å²) in [5.74, 6) is 0. The van der Waals surface area contributed by atoms with Crippen LogP contribution < -0.4 is 0 Å². The van der Waals surface area contributed by atoms with Crippen LogP contribution in [0.3, 0.4) is 0 Å². The number of aliphatic hydroxyl groups is 2. The molecule has 84 valence electrons. The molecule has 0 spiro atoms. The smallest absolute Gasteiger partial charge is 0.321 e. The molecule has 1 aliphatic heterocycles. The number of hydrogen-bond acceptors (Lipinski definition) is 5. The molecule has 14 heavy (non-hydrogen) atoms. The number of aliphatic hydroxyl groups excluding tert-OH is 2. The third kappa shape index (κ3) is 3.22. The molecular formula is C6H13O6PS. The van der Waals surface area contributed by atoms with Crippen LogP contribution in [0.15, 0.2) is 0 Å². The summed E-state index contributed by atoms with van der Waals surface area (Å²) in [7, 11) is 0. The Hall–Kier alpha value is 0.410. The summed E-state index contributed by atoms with van der Waals surface area (Å²) < 4.78 is 9.63. The minimum Gasteiger partial charge on any atom is -0.388 e. The van der Waals surface area contributed by atoms with Crippen LogP contribution >= 0.6 is 6.72 Å². The van der Waals surface area contributed by atoms with E-state index in [1.54, 1.807) is 6.92 Å². The van der Waals surface area contributed by atoms with E-state index in [2.05, 4.69) is 16.3 Å². The van der Waals surface area contributed by atoms with Gasteiger partial charge in [-0.25, -0.2) is 0 Å². The van der Waals surface area contributed by atoms with Crippen molar-refractivity contribution in [3.05, 3.63) is 0 Å². The molecule has 1 heterocycles. The molecule has 0 bridgehead atoms. The predicted molar refractivity (Wildman–Crippen MR) is 51.0 cm³/mol. The first-order valence-electron chi connectivity index (χ1n) is 4.03. The van der Waals surface area contributed by atoms with E-state index in [0.717, 1.165) is 0 Å². The summed E-state index contributed by atoms with van der Waals surface area (Å²) in [6, 6.07) is 0. The maximum atomic E-state index is 9.38. The summed E-state index contributed by atoms with van der Waals surface area (Å²) in [6.45, 7) is -2.37. The van der Waals surface area contributed by atoms with E-state index in [9.17, 15) is 10.2 Å². The minimum absolute atomic E-state index is 0.243. The fourth-order valence-electron chi connectivity index (χ4n) is 1.24. The van der Waals surface area contributed by atoms with E-state index in [-0.39, 0.29) is 6.61 Å². The van der Waals surface area contributed by atoms with Gasteiger partial charge in [0.15, 0.2) is 0 Å². The fraction of sp³-hybridized carbons (Fsp3) is 1.00. The first kappa shape index (κ1) is 12.5. The van der Waals surface area contributed by atoms with Crippen LogP contribution in [0.2, 0.25) is 0 Å². The Kier molecular flexibility index (Phi) is 4.02. The quantitative estimate of drug-likeness (QED) is 0.459. The Labute approximate surface area is 86.3 Å². The standard InChI is InChI=1S/C6H13O6PS/c1-3-5(7)6(8)4(12-3)2-11-13(9,10)14/h3-8H,2H2,1H3,(H2,9,10,14)/t3-,4+,5?,6-/m0/s1. The molecule has 1 rings (SSSR count).